The maximum Gasteiger partial charge on any atom is 0.261 e. The number of aliphatic hydroxyl groups excluding tert-OH is 1. The third-order valence-electron chi connectivity index (χ3n) is 5.78. The number of carbonyl (C=O) groups is 3. The number of benzene rings is 1. The number of aliphatic imine (C=N–C) groups is 1. The highest BCUT2D eigenvalue weighted by Gasteiger charge is 2.37. The number of imide groups is 1. The largest absolute Gasteiger partial charge is 0.511 e. The van der Waals surface area contributed by atoms with E-state index in [0.717, 1.165) is 6.42 Å². The summed E-state index contributed by atoms with van der Waals surface area (Å²) in [5, 5.41) is 10.7. The Hall–Kier alpha value is -2.76. The van der Waals surface area contributed by atoms with Crippen molar-refractivity contribution in [3.05, 3.63) is 46.7 Å². The van der Waals surface area contributed by atoms with E-state index in [1.807, 2.05) is 27.7 Å². The second-order valence-electron chi connectivity index (χ2n) is 9.01. The highest BCUT2D eigenvalue weighted by Crippen LogP contribution is 2.36. The number of amides is 2. The van der Waals surface area contributed by atoms with Gasteiger partial charge in [0, 0.05) is 31.1 Å². The molecule has 1 saturated carbocycles. The van der Waals surface area contributed by atoms with Crippen molar-refractivity contribution >= 4 is 23.3 Å². The van der Waals surface area contributed by atoms with Crippen molar-refractivity contribution in [2.75, 3.05) is 6.54 Å². The number of nitrogens with zero attached hydrogens (tertiary/aromatic N) is 2. The molecular formula is C24H30N2O4. The van der Waals surface area contributed by atoms with Gasteiger partial charge in [0.05, 0.1) is 16.7 Å². The molecule has 1 atom stereocenters. The summed E-state index contributed by atoms with van der Waals surface area (Å²) in [5.74, 6) is -0.699. The number of carbonyl (C=O) groups excluding carboxylic acids is 3. The Balaban J connectivity index is 1.74. The normalized spacial score (nSPS) is 22.5. The third-order valence-corrected chi connectivity index (χ3v) is 5.78. The van der Waals surface area contributed by atoms with Gasteiger partial charge in [0.25, 0.3) is 11.8 Å². The van der Waals surface area contributed by atoms with Crippen LogP contribution < -0.4 is 0 Å². The fourth-order valence-corrected chi connectivity index (χ4v) is 4.05. The summed E-state index contributed by atoms with van der Waals surface area (Å²) in [6.07, 6.45) is 2.46. The molecule has 0 bridgehead atoms. The quantitative estimate of drug-likeness (QED) is 0.425. The number of aliphatic hydroxyl groups is 1. The first-order chi connectivity index (χ1) is 14.1. The number of rotatable bonds is 6. The lowest BCUT2D eigenvalue weighted by atomic mass is 9.73. The molecule has 0 unspecified atom stereocenters. The van der Waals surface area contributed by atoms with Crippen LogP contribution in [-0.4, -0.2) is 45.9 Å². The van der Waals surface area contributed by atoms with Crippen LogP contribution in [0.15, 0.2) is 40.6 Å². The van der Waals surface area contributed by atoms with Crippen molar-refractivity contribution in [1.82, 2.24) is 4.90 Å². The Labute approximate surface area is 177 Å². The predicted molar refractivity (Wildman–Crippen MR) is 116 cm³/mol. The average Bonchev–Trinajstić information content (AvgIpc) is 2.91. The number of ketones is 1. The smallest absolute Gasteiger partial charge is 0.261 e. The maximum atomic E-state index is 12.8. The topological polar surface area (TPSA) is 87.0 Å². The second-order valence-corrected chi connectivity index (χ2v) is 9.01. The van der Waals surface area contributed by atoms with Gasteiger partial charge in [-0.1, -0.05) is 32.9 Å². The van der Waals surface area contributed by atoms with Gasteiger partial charge in [-0.3, -0.25) is 24.3 Å². The summed E-state index contributed by atoms with van der Waals surface area (Å²) >= 11 is 0. The molecule has 6 nitrogen and oxygen atoms in total. The van der Waals surface area contributed by atoms with Crippen molar-refractivity contribution in [3.63, 3.8) is 0 Å². The molecule has 1 aromatic carbocycles. The first-order valence-corrected chi connectivity index (χ1v) is 10.6. The minimum absolute atomic E-state index is 0.00848. The van der Waals surface area contributed by atoms with E-state index in [-0.39, 0.29) is 47.8 Å². The van der Waals surface area contributed by atoms with Gasteiger partial charge in [-0.05, 0) is 43.7 Å². The second kappa shape index (κ2) is 8.54. The predicted octanol–water partition coefficient (Wildman–Crippen LogP) is 4.50. The maximum absolute atomic E-state index is 12.8. The lowest BCUT2D eigenvalue weighted by Gasteiger charge is -2.32. The molecule has 1 N–H and O–H groups in total. The highest BCUT2D eigenvalue weighted by atomic mass is 16.3. The summed E-state index contributed by atoms with van der Waals surface area (Å²) < 4.78 is 0. The van der Waals surface area contributed by atoms with Crippen LogP contribution in [0, 0.1) is 5.41 Å². The number of hydrogen-bond donors (Lipinski definition) is 1. The van der Waals surface area contributed by atoms with Crippen LogP contribution >= 0.6 is 0 Å². The van der Waals surface area contributed by atoms with Gasteiger partial charge in [0.1, 0.15) is 5.76 Å². The van der Waals surface area contributed by atoms with Gasteiger partial charge in [-0.15, -0.1) is 0 Å². The summed E-state index contributed by atoms with van der Waals surface area (Å²) in [4.78, 5) is 43.6. The van der Waals surface area contributed by atoms with Crippen LogP contribution in [-0.2, 0) is 4.79 Å². The SMILES string of the molecule is CC[C@H](C)N=C1CC(C)(C)CC(=O)C1=C(O)CCCN1C(=O)c2ccccc2C1=O. The van der Waals surface area contributed by atoms with E-state index in [1.54, 1.807) is 24.3 Å². The Kier molecular flexibility index (Phi) is 6.25. The minimum atomic E-state index is -0.308. The number of hydrogen-bond acceptors (Lipinski definition) is 5. The molecule has 0 spiro atoms. The van der Waals surface area contributed by atoms with Crippen LogP contribution in [0.3, 0.4) is 0 Å². The molecule has 160 valence electrons. The van der Waals surface area contributed by atoms with Crippen molar-refractivity contribution in [1.29, 1.82) is 0 Å². The zero-order valence-corrected chi connectivity index (χ0v) is 18.2. The van der Waals surface area contributed by atoms with E-state index in [2.05, 4.69) is 0 Å². The Morgan fingerprint density at radius 2 is 1.73 bits per heavy atom. The highest BCUT2D eigenvalue weighted by molar-refractivity contribution is 6.24. The fraction of sp³-hybridized carbons (Fsp3) is 0.500. The van der Waals surface area contributed by atoms with E-state index >= 15 is 0 Å². The molecule has 1 aromatic rings. The van der Waals surface area contributed by atoms with E-state index < -0.39 is 0 Å². The summed E-state index contributed by atoms with van der Waals surface area (Å²) in [6, 6.07) is 6.84. The molecule has 0 saturated heterocycles. The molecule has 1 aliphatic carbocycles. The molecule has 1 aliphatic heterocycles. The first kappa shape index (κ1) is 21.9. The van der Waals surface area contributed by atoms with Gasteiger partial charge in [-0.25, -0.2) is 0 Å². The minimum Gasteiger partial charge on any atom is -0.511 e. The molecular weight excluding hydrogens is 380 g/mol. The van der Waals surface area contributed by atoms with Gasteiger partial charge in [0.2, 0.25) is 0 Å². The zero-order valence-electron chi connectivity index (χ0n) is 18.2. The molecule has 30 heavy (non-hydrogen) atoms. The Morgan fingerprint density at radius 3 is 2.30 bits per heavy atom. The lowest BCUT2D eigenvalue weighted by Crippen LogP contribution is -2.33. The van der Waals surface area contributed by atoms with E-state index in [1.165, 1.54) is 4.90 Å². The van der Waals surface area contributed by atoms with Crippen LogP contribution in [0.2, 0.25) is 0 Å². The van der Waals surface area contributed by atoms with Crippen molar-refractivity contribution in [2.45, 2.75) is 65.8 Å². The number of allylic oxidation sites excluding steroid dienone is 2. The van der Waals surface area contributed by atoms with Gasteiger partial charge in [-0.2, -0.15) is 0 Å². The van der Waals surface area contributed by atoms with Gasteiger partial charge >= 0.3 is 0 Å². The van der Waals surface area contributed by atoms with Crippen LogP contribution in [0.1, 0.15) is 80.5 Å². The zero-order chi connectivity index (χ0) is 22.1. The lowest BCUT2D eigenvalue weighted by molar-refractivity contribution is -0.117. The summed E-state index contributed by atoms with van der Waals surface area (Å²) in [5.41, 5.74) is 1.64. The summed E-state index contributed by atoms with van der Waals surface area (Å²) in [6.45, 7) is 8.30. The van der Waals surface area contributed by atoms with Crippen LogP contribution in [0.25, 0.3) is 0 Å². The van der Waals surface area contributed by atoms with Crippen LogP contribution in [0.5, 0.6) is 0 Å². The van der Waals surface area contributed by atoms with Crippen LogP contribution in [0.4, 0.5) is 0 Å². The first-order valence-electron chi connectivity index (χ1n) is 10.6. The monoisotopic (exact) mass is 410 g/mol. The average molecular weight is 411 g/mol. The van der Waals surface area contributed by atoms with E-state index in [9.17, 15) is 19.5 Å². The number of fused-ring (bicyclic) bond motifs is 1. The van der Waals surface area contributed by atoms with E-state index in [4.69, 9.17) is 4.99 Å². The molecule has 1 heterocycles. The van der Waals surface area contributed by atoms with Gasteiger partial charge in [0.15, 0.2) is 5.78 Å². The molecule has 3 rings (SSSR count). The molecule has 1 fully saturated rings. The molecule has 2 amide bonds. The van der Waals surface area contributed by atoms with Crippen molar-refractivity contribution < 1.29 is 19.5 Å². The fourth-order valence-electron chi connectivity index (χ4n) is 4.05. The third kappa shape index (κ3) is 4.37. The standard InChI is InChI=1S/C24H30N2O4/c1-5-15(2)25-18-13-24(3,4)14-20(28)21(18)19(27)11-8-12-26-22(29)16-9-6-7-10-17(16)23(26)30/h6-7,9-10,15,27H,5,8,11-14H2,1-4H3/t15-/m0/s1. The summed E-state index contributed by atoms with van der Waals surface area (Å²) in [7, 11) is 0. The number of Topliss-reactive ketones (excluding diaryl/α,β-unsaturated/α-hetero) is 1. The van der Waals surface area contributed by atoms with Gasteiger partial charge < -0.3 is 5.11 Å². The molecule has 6 heteroatoms. The molecule has 0 radical (unpaired) electrons. The van der Waals surface area contributed by atoms with Crippen molar-refractivity contribution in [3.8, 4) is 0 Å². The van der Waals surface area contributed by atoms with E-state index in [0.29, 0.717) is 41.7 Å². The Bertz CT molecular complexity index is 907. The molecule has 0 aromatic heterocycles. The van der Waals surface area contributed by atoms with Crippen molar-refractivity contribution in [2.24, 2.45) is 10.4 Å². The Morgan fingerprint density at radius 1 is 1.13 bits per heavy atom. The molecule has 2 aliphatic rings.